The highest BCUT2D eigenvalue weighted by atomic mass is 15.3. The van der Waals surface area contributed by atoms with Crippen LogP contribution in [0.4, 0.5) is 0 Å². The highest BCUT2D eigenvalue weighted by Crippen LogP contribution is 2.13. The third-order valence-corrected chi connectivity index (χ3v) is 2.63. The molecule has 90 valence electrons. The fourth-order valence-corrected chi connectivity index (χ4v) is 1.86. The fraction of sp³-hybridized carbons (Fsp3) is 0.417. The molecule has 0 radical (unpaired) electrons. The van der Waals surface area contributed by atoms with Gasteiger partial charge in [0.15, 0.2) is 0 Å². The summed E-state index contributed by atoms with van der Waals surface area (Å²) in [6.07, 6.45) is 4.13. The Morgan fingerprint density at radius 2 is 2.06 bits per heavy atom. The minimum Gasteiger partial charge on any atom is -0.321 e. The van der Waals surface area contributed by atoms with E-state index in [2.05, 4.69) is 28.1 Å². The van der Waals surface area contributed by atoms with E-state index in [1.807, 2.05) is 11.6 Å². The molecular formula is C12H17N5. The largest absolute Gasteiger partial charge is 0.321 e. The number of rotatable bonds is 4. The first-order chi connectivity index (χ1) is 8.20. The van der Waals surface area contributed by atoms with E-state index >= 15 is 0 Å². The predicted octanol–water partition coefficient (Wildman–Crippen LogP) is 1.24. The molecule has 2 aromatic rings. The maximum absolute atomic E-state index is 6.09. The number of aromatic nitrogens is 4. The molecule has 2 rings (SSSR count). The fourth-order valence-electron chi connectivity index (χ4n) is 1.86. The third kappa shape index (κ3) is 2.68. The summed E-state index contributed by atoms with van der Waals surface area (Å²) in [6, 6.07) is 3.67. The number of nitrogens with two attached hydrogens (primary N) is 1. The monoisotopic (exact) mass is 231 g/mol. The van der Waals surface area contributed by atoms with Gasteiger partial charge in [0.25, 0.3) is 0 Å². The molecule has 2 heterocycles. The van der Waals surface area contributed by atoms with Crippen LogP contribution in [0.1, 0.15) is 30.2 Å². The van der Waals surface area contributed by atoms with Gasteiger partial charge in [-0.1, -0.05) is 0 Å². The highest BCUT2D eigenvalue weighted by molar-refractivity contribution is 5.12. The standard InChI is InChI=1S/C12H17N5/c1-3-17-10(7-9(2)16-17)8-11(13)12-14-5-4-6-15-12/h4-7,11H,3,8,13H2,1-2H3. The number of nitrogens with zero attached hydrogens (tertiary/aromatic N) is 4. The lowest BCUT2D eigenvalue weighted by molar-refractivity contribution is 0.575. The van der Waals surface area contributed by atoms with Crippen molar-refractivity contribution in [3.63, 3.8) is 0 Å². The normalized spacial score (nSPS) is 12.6. The Labute approximate surface area is 101 Å². The van der Waals surface area contributed by atoms with Gasteiger partial charge in [0.1, 0.15) is 5.82 Å². The van der Waals surface area contributed by atoms with Crippen molar-refractivity contribution in [2.45, 2.75) is 32.9 Å². The van der Waals surface area contributed by atoms with Gasteiger partial charge in [-0.05, 0) is 26.0 Å². The lowest BCUT2D eigenvalue weighted by Crippen LogP contribution is -2.18. The number of hydrogen-bond acceptors (Lipinski definition) is 4. The molecule has 5 heteroatoms. The molecule has 0 bridgehead atoms. The Hall–Kier alpha value is -1.75. The van der Waals surface area contributed by atoms with Crippen LogP contribution in [-0.4, -0.2) is 19.7 Å². The predicted molar refractivity (Wildman–Crippen MR) is 65.3 cm³/mol. The zero-order valence-electron chi connectivity index (χ0n) is 10.2. The lowest BCUT2D eigenvalue weighted by atomic mass is 10.1. The second kappa shape index (κ2) is 5.05. The van der Waals surface area contributed by atoms with E-state index in [0.717, 1.165) is 17.9 Å². The Morgan fingerprint density at radius 3 is 2.71 bits per heavy atom. The van der Waals surface area contributed by atoms with E-state index in [1.54, 1.807) is 18.5 Å². The van der Waals surface area contributed by atoms with Crippen LogP contribution in [0, 0.1) is 6.92 Å². The Morgan fingerprint density at radius 1 is 1.35 bits per heavy atom. The second-order valence-corrected chi connectivity index (χ2v) is 4.01. The van der Waals surface area contributed by atoms with Gasteiger partial charge >= 0.3 is 0 Å². The zero-order valence-corrected chi connectivity index (χ0v) is 10.2. The van der Waals surface area contributed by atoms with Gasteiger partial charge in [-0.2, -0.15) is 5.10 Å². The van der Waals surface area contributed by atoms with E-state index in [4.69, 9.17) is 5.73 Å². The zero-order chi connectivity index (χ0) is 12.3. The molecule has 0 amide bonds. The molecule has 0 aliphatic rings. The van der Waals surface area contributed by atoms with Gasteiger partial charge in [-0.15, -0.1) is 0 Å². The summed E-state index contributed by atoms with van der Waals surface area (Å²) in [4.78, 5) is 8.34. The summed E-state index contributed by atoms with van der Waals surface area (Å²) < 4.78 is 1.97. The number of aryl methyl sites for hydroxylation is 2. The molecule has 1 unspecified atom stereocenters. The van der Waals surface area contributed by atoms with E-state index in [0.29, 0.717) is 12.2 Å². The summed E-state index contributed by atoms with van der Waals surface area (Å²) in [7, 11) is 0. The van der Waals surface area contributed by atoms with Crippen LogP contribution < -0.4 is 5.73 Å². The molecular weight excluding hydrogens is 214 g/mol. The first-order valence-electron chi connectivity index (χ1n) is 5.76. The minimum atomic E-state index is -0.183. The van der Waals surface area contributed by atoms with E-state index in [1.165, 1.54) is 0 Å². The quantitative estimate of drug-likeness (QED) is 0.859. The van der Waals surface area contributed by atoms with Crippen molar-refractivity contribution in [2.24, 2.45) is 5.73 Å². The Balaban J connectivity index is 2.15. The Kier molecular flexibility index (Phi) is 3.49. The van der Waals surface area contributed by atoms with Crippen molar-refractivity contribution in [1.82, 2.24) is 19.7 Å². The summed E-state index contributed by atoms with van der Waals surface area (Å²) in [5.41, 5.74) is 8.24. The maximum Gasteiger partial charge on any atom is 0.145 e. The van der Waals surface area contributed by atoms with E-state index in [9.17, 15) is 0 Å². The van der Waals surface area contributed by atoms with Gasteiger partial charge in [0, 0.05) is 31.1 Å². The summed E-state index contributed by atoms with van der Waals surface area (Å²) in [5, 5.41) is 4.40. The molecule has 0 spiro atoms. The molecule has 0 fully saturated rings. The van der Waals surface area contributed by atoms with E-state index < -0.39 is 0 Å². The van der Waals surface area contributed by atoms with Crippen LogP contribution in [0.2, 0.25) is 0 Å². The van der Waals surface area contributed by atoms with Gasteiger partial charge in [0.05, 0.1) is 11.7 Å². The average molecular weight is 231 g/mol. The first kappa shape index (κ1) is 11.7. The SMILES string of the molecule is CCn1nc(C)cc1CC(N)c1ncccn1. The maximum atomic E-state index is 6.09. The molecule has 1 atom stereocenters. The van der Waals surface area contributed by atoms with Crippen molar-refractivity contribution < 1.29 is 0 Å². The molecule has 2 N–H and O–H groups in total. The highest BCUT2D eigenvalue weighted by Gasteiger charge is 2.13. The van der Waals surface area contributed by atoms with Crippen LogP contribution in [0.5, 0.6) is 0 Å². The van der Waals surface area contributed by atoms with Crippen molar-refractivity contribution in [3.8, 4) is 0 Å². The van der Waals surface area contributed by atoms with Crippen LogP contribution in [0.3, 0.4) is 0 Å². The summed E-state index contributed by atoms with van der Waals surface area (Å²) >= 11 is 0. The third-order valence-electron chi connectivity index (χ3n) is 2.63. The van der Waals surface area contributed by atoms with Gasteiger partial charge in [0.2, 0.25) is 0 Å². The van der Waals surface area contributed by atoms with Gasteiger partial charge < -0.3 is 5.73 Å². The average Bonchev–Trinajstić information content (AvgIpc) is 2.70. The molecule has 5 nitrogen and oxygen atoms in total. The van der Waals surface area contributed by atoms with Crippen molar-refractivity contribution >= 4 is 0 Å². The molecule has 2 aromatic heterocycles. The summed E-state index contributed by atoms with van der Waals surface area (Å²) in [6.45, 7) is 4.91. The van der Waals surface area contributed by atoms with Gasteiger partial charge in [-0.3, -0.25) is 4.68 Å². The molecule has 0 aliphatic heterocycles. The van der Waals surface area contributed by atoms with Crippen LogP contribution >= 0.6 is 0 Å². The molecule has 0 saturated heterocycles. The minimum absolute atomic E-state index is 0.183. The summed E-state index contributed by atoms with van der Waals surface area (Å²) in [5.74, 6) is 0.675. The number of hydrogen-bond donors (Lipinski definition) is 1. The molecule has 0 saturated carbocycles. The smallest absolute Gasteiger partial charge is 0.145 e. The second-order valence-electron chi connectivity index (χ2n) is 4.01. The van der Waals surface area contributed by atoms with Crippen molar-refractivity contribution in [3.05, 3.63) is 41.7 Å². The van der Waals surface area contributed by atoms with Crippen molar-refractivity contribution in [1.29, 1.82) is 0 Å². The van der Waals surface area contributed by atoms with Crippen molar-refractivity contribution in [2.75, 3.05) is 0 Å². The van der Waals surface area contributed by atoms with E-state index in [-0.39, 0.29) is 6.04 Å². The Bertz CT molecular complexity index is 477. The van der Waals surface area contributed by atoms with Crippen LogP contribution in [0.25, 0.3) is 0 Å². The lowest BCUT2D eigenvalue weighted by Gasteiger charge is -2.10. The van der Waals surface area contributed by atoms with Crippen LogP contribution in [0.15, 0.2) is 24.5 Å². The molecule has 0 aliphatic carbocycles. The molecule has 0 aromatic carbocycles. The van der Waals surface area contributed by atoms with Gasteiger partial charge in [-0.25, -0.2) is 9.97 Å². The topological polar surface area (TPSA) is 69.6 Å². The first-order valence-corrected chi connectivity index (χ1v) is 5.76. The molecule has 17 heavy (non-hydrogen) atoms. The van der Waals surface area contributed by atoms with Crippen LogP contribution in [-0.2, 0) is 13.0 Å².